The molecule has 0 radical (unpaired) electrons. The molecule has 0 fully saturated rings. The molecule has 4 nitrogen and oxygen atoms in total. The van der Waals surface area contributed by atoms with Gasteiger partial charge in [-0.05, 0) is 54.7 Å². The number of carbonyl (C=O) groups excluding carboxylic acids is 1. The lowest BCUT2D eigenvalue weighted by Crippen LogP contribution is -2.43. The summed E-state index contributed by atoms with van der Waals surface area (Å²) in [7, 11) is 0. The van der Waals surface area contributed by atoms with Gasteiger partial charge >= 0.3 is 0 Å². The topological polar surface area (TPSA) is 53.2 Å². The predicted molar refractivity (Wildman–Crippen MR) is 89.7 cm³/mol. The van der Waals surface area contributed by atoms with Crippen LogP contribution in [0.4, 0.5) is 5.69 Å². The Labute approximate surface area is 137 Å². The van der Waals surface area contributed by atoms with Crippen molar-refractivity contribution in [2.75, 3.05) is 5.32 Å². The average Bonchev–Trinajstić information content (AvgIpc) is 2.45. The summed E-state index contributed by atoms with van der Waals surface area (Å²) in [6.45, 7) is 0. The number of hydrogen-bond acceptors (Lipinski definition) is 2. The zero-order valence-electron chi connectivity index (χ0n) is 10.7. The number of carbonyl (C=O) groups is 1. The third kappa shape index (κ3) is 4.90. The third-order valence-corrected chi connectivity index (χ3v) is 3.17. The van der Waals surface area contributed by atoms with Crippen molar-refractivity contribution in [2.24, 2.45) is 0 Å². The molecule has 0 unspecified atom stereocenters. The first-order chi connectivity index (χ1) is 10.0. The van der Waals surface area contributed by atoms with Crippen LogP contribution in [0.1, 0.15) is 10.4 Å². The number of halogens is 2. The zero-order valence-corrected chi connectivity index (χ0v) is 13.0. The molecule has 0 aliphatic carbocycles. The van der Waals surface area contributed by atoms with Crippen LogP contribution in [0.2, 0.25) is 10.0 Å². The molecule has 2 aromatic rings. The Bertz CT molecular complexity index is 662. The number of rotatable bonds is 2. The van der Waals surface area contributed by atoms with Crippen molar-refractivity contribution in [2.45, 2.75) is 0 Å². The molecular formula is C14H11Cl2N3OS. The molecule has 2 aromatic carbocycles. The Morgan fingerprint density at radius 2 is 1.67 bits per heavy atom. The molecule has 0 heterocycles. The number of nitrogens with one attached hydrogen (secondary N) is 3. The summed E-state index contributed by atoms with van der Waals surface area (Å²) in [5.41, 5.74) is 6.29. The molecule has 0 saturated carbocycles. The van der Waals surface area contributed by atoms with Gasteiger partial charge in [0.2, 0.25) is 0 Å². The Morgan fingerprint density at radius 3 is 2.33 bits per heavy atom. The molecule has 0 atom stereocenters. The quantitative estimate of drug-likeness (QED) is 0.577. The van der Waals surface area contributed by atoms with Crippen LogP contribution in [0.25, 0.3) is 0 Å². The smallest absolute Gasteiger partial charge is 0.269 e. The summed E-state index contributed by atoms with van der Waals surface area (Å²) in [5, 5.41) is 4.31. The van der Waals surface area contributed by atoms with Crippen molar-refractivity contribution in [3.8, 4) is 0 Å². The summed E-state index contributed by atoms with van der Waals surface area (Å²) in [6, 6.07) is 13.6. The highest BCUT2D eigenvalue weighted by Crippen LogP contribution is 2.14. The molecule has 21 heavy (non-hydrogen) atoms. The third-order valence-electron chi connectivity index (χ3n) is 2.48. The molecule has 0 aromatic heterocycles. The van der Waals surface area contributed by atoms with E-state index in [1.54, 1.807) is 48.5 Å². The standard InChI is InChI=1S/C14H11Cl2N3OS/c15-10-6-4-9(5-7-10)13(20)18-19-14(21)17-12-3-1-2-11(16)8-12/h1-8H,(H,18,20)(H2,17,19,21). The Morgan fingerprint density at radius 1 is 0.952 bits per heavy atom. The molecule has 0 aliphatic heterocycles. The molecule has 0 spiro atoms. The molecule has 2 rings (SSSR count). The predicted octanol–water partition coefficient (Wildman–Crippen LogP) is 3.62. The maximum Gasteiger partial charge on any atom is 0.269 e. The molecule has 0 bridgehead atoms. The van der Waals surface area contributed by atoms with E-state index < -0.39 is 0 Å². The van der Waals surface area contributed by atoms with E-state index in [4.69, 9.17) is 35.4 Å². The van der Waals surface area contributed by atoms with Gasteiger partial charge in [0.25, 0.3) is 5.91 Å². The molecular weight excluding hydrogens is 329 g/mol. The summed E-state index contributed by atoms with van der Waals surface area (Å²) >= 11 is 16.7. The van der Waals surface area contributed by atoms with Gasteiger partial charge in [-0.3, -0.25) is 15.6 Å². The van der Waals surface area contributed by atoms with Gasteiger partial charge in [-0.2, -0.15) is 0 Å². The van der Waals surface area contributed by atoms with Crippen LogP contribution in [-0.4, -0.2) is 11.0 Å². The zero-order chi connectivity index (χ0) is 15.2. The highest BCUT2D eigenvalue weighted by molar-refractivity contribution is 7.80. The van der Waals surface area contributed by atoms with Gasteiger partial charge in [-0.15, -0.1) is 0 Å². The van der Waals surface area contributed by atoms with Crippen molar-refractivity contribution < 1.29 is 4.79 Å². The van der Waals surface area contributed by atoms with Crippen LogP contribution in [0, 0.1) is 0 Å². The Kier molecular flexibility index (Phi) is 5.38. The van der Waals surface area contributed by atoms with Crippen LogP contribution < -0.4 is 16.2 Å². The van der Waals surface area contributed by atoms with E-state index in [0.717, 1.165) is 5.69 Å². The van der Waals surface area contributed by atoms with Gasteiger partial charge in [-0.1, -0.05) is 29.3 Å². The second-order valence-electron chi connectivity index (χ2n) is 4.05. The highest BCUT2D eigenvalue weighted by atomic mass is 35.5. The molecule has 3 N–H and O–H groups in total. The van der Waals surface area contributed by atoms with Crippen LogP contribution in [0.15, 0.2) is 48.5 Å². The van der Waals surface area contributed by atoms with Crippen molar-refractivity contribution in [1.82, 2.24) is 10.9 Å². The fourth-order valence-corrected chi connectivity index (χ4v) is 2.00. The van der Waals surface area contributed by atoms with Crippen LogP contribution in [0.5, 0.6) is 0 Å². The van der Waals surface area contributed by atoms with Crippen molar-refractivity contribution in [3.05, 3.63) is 64.1 Å². The molecule has 1 amide bonds. The van der Waals surface area contributed by atoms with E-state index in [1.165, 1.54) is 0 Å². The Balaban J connectivity index is 1.86. The Hall–Kier alpha value is -1.82. The maximum atomic E-state index is 11.8. The van der Waals surface area contributed by atoms with E-state index in [0.29, 0.717) is 15.6 Å². The summed E-state index contributed by atoms with van der Waals surface area (Å²) in [6.07, 6.45) is 0. The van der Waals surface area contributed by atoms with E-state index in [2.05, 4.69) is 16.2 Å². The number of anilines is 1. The number of thiocarbonyl (C=S) groups is 1. The van der Waals surface area contributed by atoms with Crippen molar-refractivity contribution in [3.63, 3.8) is 0 Å². The normalized spacial score (nSPS) is 9.81. The first-order valence-electron chi connectivity index (χ1n) is 5.93. The summed E-state index contributed by atoms with van der Waals surface area (Å²) < 4.78 is 0. The van der Waals surface area contributed by atoms with Crippen LogP contribution in [0.3, 0.4) is 0 Å². The fourth-order valence-electron chi connectivity index (χ4n) is 1.52. The maximum absolute atomic E-state index is 11.8. The minimum atomic E-state index is -0.318. The molecule has 7 heteroatoms. The lowest BCUT2D eigenvalue weighted by atomic mass is 10.2. The number of hydrazine groups is 1. The van der Waals surface area contributed by atoms with Gasteiger partial charge in [0.1, 0.15) is 0 Å². The second kappa shape index (κ2) is 7.26. The van der Waals surface area contributed by atoms with Gasteiger partial charge in [0.15, 0.2) is 5.11 Å². The SMILES string of the molecule is O=C(NNC(=S)Nc1cccc(Cl)c1)c1ccc(Cl)cc1. The number of hydrogen-bond donors (Lipinski definition) is 3. The number of benzene rings is 2. The van der Waals surface area contributed by atoms with E-state index in [9.17, 15) is 4.79 Å². The lowest BCUT2D eigenvalue weighted by Gasteiger charge is -2.11. The average molecular weight is 340 g/mol. The van der Waals surface area contributed by atoms with Gasteiger partial charge < -0.3 is 5.32 Å². The molecule has 0 aliphatic rings. The van der Waals surface area contributed by atoms with Gasteiger partial charge in [-0.25, -0.2) is 0 Å². The van der Waals surface area contributed by atoms with E-state index >= 15 is 0 Å². The summed E-state index contributed by atoms with van der Waals surface area (Å²) in [5.74, 6) is -0.318. The minimum absolute atomic E-state index is 0.250. The second-order valence-corrected chi connectivity index (χ2v) is 5.33. The van der Waals surface area contributed by atoms with E-state index in [-0.39, 0.29) is 11.0 Å². The van der Waals surface area contributed by atoms with Crippen LogP contribution >= 0.6 is 35.4 Å². The van der Waals surface area contributed by atoms with E-state index in [1.807, 2.05) is 0 Å². The molecule has 108 valence electrons. The van der Waals surface area contributed by atoms with Gasteiger partial charge in [0.05, 0.1) is 0 Å². The van der Waals surface area contributed by atoms with Crippen molar-refractivity contribution in [1.29, 1.82) is 0 Å². The largest absolute Gasteiger partial charge is 0.331 e. The highest BCUT2D eigenvalue weighted by Gasteiger charge is 2.05. The van der Waals surface area contributed by atoms with Crippen molar-refractivity contribution >= 4 is 52.1 Å². The number of amides is 1. The first kappa shape index (κ1) is 15.6. The first-order valence-corrected chi connectivity index (χ1v) is 7.09. The summed E-state index contributed by atoms with van der Waals surface area (Å²) in [4.78, 5) is 11.8. The minimum Gasteiger partial charge on any atom is -0.331 e. The molecule has 0 saturated heterocycles. The van der Waals surface area contributed by atoms with Crippen LogP contribution in [-0.2, 0) is 0 Å². The van der Waals surface area contributed by atoms with Gasteiger partial charge in [0, 0.05) is 21.3 Å². The lowest BCUT2D eigenvalue weighted by molar-refractivity contribution is 0.0944. The fraction of sp³-hybridized carbons (Fsp3) is 0. The monoisotopic (exact) mass is 339 g/mol.